The molecule has 1 aromatic rings. The second-order valence-corrected chi connectivity index (χ2v) is 7.19. The Morgan fingerprint density at radius 2 is 2.10 bits per heavy atom. The Kier molecular flexibility index (Phi) is 8.33. The van der Waals surface area contributed by atoms with E-state index in [0.29, 0.717) is 35.0 Å². The summed E-state index contributed by atoms with van der Waals surface area (Å²) in [6, 6.07) is 10.6. The van der Waals surface area contributed by atoms with Gasteiger partial charge in [-0.2, -0.15) is 0 Å². The summed E-state index contributed by atoms with van der Waals surface area (Å²) in [5.41, 5.74) is 0. The zero-order valence-corrected chi connectivity index (χ0v) is 14.2. The topological polar surface area (TPSA) is 36.9 Å². The molecule has 1 aliphatic rings. The van der Waals surface area contributed by atoms with E-state index in [1.807, 2.05) is 0 Å². The monoisotopic (exact) mass is 360 g/mol. The van der Waals surface area contributed by atoms with E-state index in [0.717, 1.165) is 24.8 Å². The van der Waals surface area contributed by atoms with Crippen LogP contribution in [0.15, 0.2) is 30.3 Å². The van der Waals surface area contributed by atoms with Gasteiger partial charge in [0.2, 0.25) is 0 Å². The molecule has 2 rings (SSSR count). The second kappa shape index (κ2) is 10.3. The van der Waals surface area contributed by atoms with Crippen molar-refractivity contribution < 1.29 is 18.9 Å². The zero-order valence-electron chi connectivity index (χ0n) is 12.5. The van der Waals surface area contributed by atoms with Crippen molar-refractivity contribution in [3.63, 3.8) is 0 Å². The summed E-state index contributed by atoms with van der Waals surface area (Å²) < 4.78 is 23.5. The van der Waals surface area contributed by atoms with Gasteiger partial charge in [-0.05, 0) is 0 Å². The molecule has 1 heterocycles. The van der Waals surface area contributed by atoms with Gasteiger partial charge in [-0.15, -0.1) is 0 Å². The van der Waals surface area contributed by atoms with E-state index < -0.39 is 0 Å². The van der Waals surface area contributed by atoms with E-state index in [-0.39, 0.29) is 12.2 Å². The Bertz CT molecular complexity index is 374. The van der Waals surface area contributed by atoms with Crippen LogP contribution < -0.4 is 4.46 Å². The SMILES string of the molecule is COCCOCO[C@@H]1CCCO[C@H]1C[Se]c1ccccc1. The molecule has 0 radical (unpaired) electrons. The third-order valence-electron chi connectivity index (χ3n) is 3.33. The van der Waals surface area contributed by atoms with Crippen molar-refractivity contribution in [2.45, 2.75) is 30.4 Å². The standard InChI is InChI=1S/C16H24O4Se/c1-17-10-11-18-13-20-15-8-5-9-19-16(15)12-21-14-6-3-2-4-7-14/h2-4,6-7,15-16H,5,8-13H2,1H3/t15-,16+/m1/s1. The van der Waals surface area contributed by atoms with Gasteiger partial charge in [0.05, 0.1) is 0 Å². The Labute approximate surface area is 133 Å². The van der Waals surface area contributed by atoms with Crippen molar-refractivity contribution in [1.29, 1.82) is 0 Å². The van der Waals surface area contributed by atoms with Crippen molar-refractivity contribution >= 4 is 19.4 Å². The first-order valence-electron chi connectivity index (χ1n) is 7.38. The van der Waals surface area contributed by atoms with Gasteiger partial charge in [0.1, 0.15) is 0 Å². The average Bonchev–Trinajstić information content (AvgIpc) is 2.55. The molecular weight excluding hydrogens is 335 g/mol. The average molecular weight is 359 g/mol. The molecule has 118 valence electrons. The Hall–Kier alpha value is -0.421. The van der Waals surface area contributed by atoms with Gasteiger partial charge in [-0.1, -0.05) is 0 Å². The fraction of sp³-hybridized carbons (Fsp3) is 0.625. The summed E-state index contributed by atoms with van der Waals surface area (Å²) in [6.45, 7) is 2.35. The van der Waals surface area contributed by atoms with Gasteiger partial charge >= 0.3 is 133 Å². The summed E-state index contributed by atoms with van der Waals surface area (Å²) >= 11 is 0.432. The van der Waals surface area contributed by atoms with Crippen molar-refractivity contribution in [2.24, 2.45) is 0 Å². The van der Waals surface area contributed by atoms with Gasteiger partial charge in [-0.25, -0.2) is 0 Å². The number of benzene rings is 1. The van der Waals surface area contributed by atoms with Gasteiger partial charge in [0, 0.05) is 0 Å². The maximum absolute atomic E-state index is 5.90. The minimum atomic E-state index is 0.159. The first kappa shape index (κ1) is 16.9. The summed E-state index contributed by atoms with van der Waals surface area (Å²) in [6.07, 6.45) is 2.48. The summed E-state index contributed by atoms with van der Waals surface area (Å²) in [5.74, 6) is 0. The molecule has 0 amide bonds. The number of methoxy groups -OCH3 is 1. The number of ether oxygens (including phenoxy) is 4. The van der Waals surface area contributed by atoms with E-state index in [1.165, 1.54) is 4.46 Å². The van der Waals surface area contributed by atoms with Crippen LogP contribution in [0.3, 0.4) is 0 Å². The molecule has 1 aliphatic heterocycles. The molecule has 21 heavy (non-hydrogen) atoms. The Morgan fingerprint density at radius 3 is 2.90 bits per heavy atom. The van der Waals surface area contributed by atoms with E-state index >= 15 is 0 Å². The molecule has 0 aliphatic carbocycles. The van der Waals surface area contributed by atoms with Crippen molar-refractivity contribution in [1.82, 2.24) is 0 Å². The van der Waals surface area contributed by atoms with Crippen LogP contribution in [0.25, 0.3) is 0 Å². The number of hydrogen-bond acceptors (Lipinski definition) is 4. The maximum atomic E-state index is 5.90. The van der Waals surface area contributed by atoms with Gasteiger partial charge in [0.25, 0.3) is 0 Å². The molecule has 0 N–H and O–H groups in total. The fourth-order valence-corrected chi connectivity index (χ4v) is 4.32. The first-order valence-corrected chi connectivity index (χ1v) is 9.44. The Balaban J connectivity index is 1.71. The van der Waals surface area contributed by atoms with Gasteiger partial charge in [0.15, 0.2) is 0 Å². The molecule has 4 nitrogen and oxygen atoms in total. The molecule has 0 saturated carbocycles. The van der Waals surface area contributed by atoms with E-state index in [4.69, 9.17) is 18.9 Å². The molecule has 0 aromatic heterocycles. The van der Waals surface area contributed by atoms with Crippen LogP contribution in [0.2, 0.25) is 5.32 Å². The van der Waals surface area contributed by atoms with E-state index in [1.54, 1.807) is 7.11 Å². The molecule has 1 aromatic carbocycles. The van der Waals surface area contributed by atoms with Crippen LogP contribution in [-0.2, 0) is 18.9 Å². The van der Waals surface area contributed by atoms with Crippen molar-refractivity contribution in [3.8, 4) is 0 Å². The predicted octanol–water partition coefficient (Wildman–Crippen LogP) is 1.62. The summed E-state index contributed by atoms with van der Waals surface area (Å²) in [7, 11) is 1.67. The number of rotatable bonds is 9. The van der Waals surface area contributed by atoms with Crippen LogP contribution in [0.4, 0.5) is 0 Å². The summed E-state index contributed by atoms with van der Waals surface area (Å²) in [4.78, 5) is 0. The van der Waals surface area contributed by atoms with E-state index in [2.05, 4.69) is 30.3 Å². The molecule has 0 bridgehead atoms. The zero-order chi connectivity index (χ0) is 14.8. The molecule has 0 unspecified atom stereocenters. The molecule has 5 heteroatoms. The Morgan fingerprint density at radius 1 is 1.24 bits per heavy atom. The van der Waals surface area contributed by atoms with Gasteiger partial charge < -0.3 is 0 Å². The van der Waals surface area contributed by atoms with Crippen LogP contribution in [0, 0.1) is 0 Å². The van der Waals surface area contributed by atoms with Crippen LogP contribution in [0.1, 0.15) is 12.8 Å². The van der Waals surface area contributed by atoms with Crippen molar-refractivity contribution in [2.75, 3.05) is 33.7 Å². The quantitative estimate of drug-likeness (QED) is 0.382. The fourth-order valence-electron chi connectivity index (χ4n) is 2.19. The molecule has 1 saturated heterocycles. The van der Waals surface area contributed by atoms with Crippen LogP contribution in [0.5, 0.6) is 0 Å². The van der Waals surface area contributed by atoms with Crippen LogP contribution in [-0.4, -0.2) is 60.9 Å². The first-order chi connectivity index (χ1) is 10.4. The normalized spacial score (nSPS) is 22.3. The second-order valence-electron chi connectivity index (χ2n) is 4.90. The number of hydrogen-bond donors (Lipinski definition) is 0. The predicted molar refractivity (Wildman–Crippen MR) is 83.2 cm³/mol. The van der Waals surface area contributed by atoms with Crippen LogP contribution >= 0.6 is 0 Å². The summed E-state index contributed by atoms with van der Waals surface area (Å²) in [5, 5.41) is 1.06. The molecular formula is C16H24O4Se. The van der Waals surface area contributed by atoms with Crippen molar-refractivity contribution in [3.05, 3.63) is 30.3 Å². The van der Waals surface area contributed by atoms with E-state index in [9.17, 15) is 0 Å². The molecule has 0 spiro atoms. The third kappa shape index (κ3) is 6.47. The minimum absolute atomic E-state index is 0.159. The molecule has 2 atom stereocenters. The van der Waals surface area contributed by atoms with Gasteiger partial charge in [-0.3, -0.25) is 0 Å². The molecule has 1 fully saturated rings. The third-order valence-corrected chi connectivity index (χ3v) is 5.64.